The van der Waals surface area contributed by atoms with Crippen LogP contribution in [0.5, 0.6) is 11.6 Å². The summed E-state index contributed by atoms with van der Waals surface area (Å²) >= 11 is 0. The Morgan fingerprint density at radius 2 is 1.95 bits per heavy atom. The van der Waals surface area contributed by atoms with Crippen molar-refractivity contribution in [1.29, 1.82) is 0 Å². The molecule has 0 bridgehead atoms. The Morgan fingerprint density at radius 3 is 2.67 bits per heavy atom. The van der Waals surface area contributed by atoms with E-state index in [0.29, 0.717) is 25.3 Å². The number of aryl methyl sites for hydroxylation is 1. The van der Waals surface area contributed by atoms with E-state index in [1.54, 1.807) is 24.4 Å². The summed E-state index contributed by atoms with van der Waals surface area (Å²) in [4.78, 5) is 0. The average Bonchev–Trinajstić information content (AvgIpc) is 2.43. The molecule has 7 heteroatoms. The van der Waals surface area contributed by atoms with Crippen molar-refractivity contribution >= 4 is 0 Å². The second-order valence-electron chi connectivity index (χ2n) is 4.21. The Hall–Kier alpha value is -2.31. The number of hydrogen-bond donors (Lipinski definition) is 0. The van der Waals surface area contributed by atoms with E-state index in [1.165, 1.54) is 18.2 Å². The highest BCUT2D eigenvalue weighted by Gasteiger charge is 2.31. The van der Waals surface area contributed by atoms with E-state index in [1.807, 2.05) is 0 Å². The molecule has 0 aliphatic rings. The van der Waals surface area contributed by atoms with Crippen LogP contribution in [0.1, 0.15) is 12.0 Å². The molecule has 0 aliphatic heterocycles. The minimum atomic E-state index is -4.67. The van der Waals surface area contributed by atoms with Crippen LogP contribution in [0.3, 0.4) is 0 Å². The van der Waals surface area contributed by atoms with Gasteiger partial charge in [-0.15, -0.1) is 18.3 Å². The number of aromatic nitrogens is 2. The average molecular weight is 298 g/mol. The lowest BCUT2D eigenvalue weighted by atomic mass is 10.1. The Balaban J connectivity index is 1.79. The molecule has 0 saturated carbocycles. The van der Waals surface area contributed by atoms with E-state index >= 15 is 0 Å². The highest BCUT2D eigenvalue weighted by Crippen LogP contribution is 2.23. The summed E-state index contributed by atoms with van der Waals surface area (Å²) in [5.74, 6) is 0.210. The highest BCUT2D eigenvalue weighted by molar-refractivity contribution is 5.28. The van der Waals surface area contributed by atoms with Crippen LogP contribution in [-0.4, -0.2) is 23.2 Å². The van der Waals surface area contributed by atoms with Gasteiger partial charge in [-0.3, -0.25) is 0 Å². The fraction of sp³-hybridized carbons (Fsp3) is 0.286. The third kappa shape index (κ3) is 5.68. The number of ether oxygens (including phenoxy) is 2. The second kappa shape index (κ2) is 6.92. The molecule has 21 heavy (non-hydrogen) atoms. The molecule has 1 aromatic carbocycles. The SMILES string of the molecule is FC(F)(F)Oc1cccc(CCCOc2cccnn2)c1. The van der Waals surface area contributed by atoms with Gasteiger partial charge in [0.25, 0.3) is 0 Å². The van der Waals surface area contributed by atoms with Crippen molar-refractivity contribution in [3.63, 3.8) is 0 Å². The van der Waals surface area contributed by atoms with Gasteiger partial charge in [0.05, 0.1) is 6.61 Å². The normalized spacial score (nSPS) is 11.2. The van der Waals surface area contributed by atoms with Crippen LogP contribution in [0.2, 0.25) is 0 Å². The smallest absolute Gasteiger partial charge is 0.477 e. The molecule has 0 amide bonds. The molecule has 4 nitrogen and oxygen atoms in total. The molecular formula is C14H13F3N2O2. The minimum absolute atomic E-state index is 0.213. The second-order valence-corrected chi connectivity index (χ2v) is 4.21. The highest BCUT2D eigenvalue weighted by atomic mass is 19.4. The Morgan fingerprint density at radius 1 is 1.10 bits per heavy atom. The molecule has 0 N–H and O–H groups in total. The molecule has 0 spiro atoms. The monoisotopic (exact) mass is 298 g/mol. The summed E-state index contributed by atoms with van der Waals surface area (Å²) < 4.78 is 45.6. The molecule has 0 radical (unpaired) electrons. The van der Waals surface area contributed by atoms with Gasteiger partial charge in [-0.1, -0.05) is 12.1 Å². The van der Waals surface area contributed by atoms with E-state index in [0.717, 1.165) is 5.56 Å². The molecular weight excluding hydrogens is 285 g/mol. The van der Waals surface area contributed by atoms with Crippen molar-refractivity contribution in [2.75, 3.05) is 6.61 Å². The third-order valence-corrected chi connectivity index (χ3v) is 2.54. The third-order valence-electron chi connectivity index (χ3n) is 2.54. The lowest BCUT2D eigenvalue weighted by molar-refractivity contribution is -0.274. The van der Waals surface area contributed by atoms with E-state index in [4.69, 9.17) is 4.74 Å². The van der Waals surface area contributed by atoms with E-state index in [-0.39, 0.29) is 5.75 Å². The molecule has 1 aromatic heterocycles. The quantitative estimate of drug-likeness (QED) is 0.767. The summed E-state index contributed by atoms with van der Waals surface area (Å²) in [6.07, 6.45) is -1.91. The predicted molar refractivity (Wildman–Crippen MR) is 69.0 cm³/mol. The zero-order valence-corrected chi connectivity index (χ0v) is 11.0. The molecule has 0 atom stereocenters. The maximum atomic E-state index is 12.1. The van der Waals surface area contributed by atoms with Gasteiger partial charge in [0, 0.05) is 12.3 Å². The number of benzene rings is 1. The van der Waals surface area contributed by atoms with Crippen molar-refractivity contribution in [3.05, 3.63) is 48.2 Å². The van der Waals surface area contributed by atoms with Gasteiger partial charge in [0.15, 0.2) is 0 Å². The van der Waals surface area contributed by atoms with Gasteiger partial charge in [0.1, 0.15) is 5.75 Å². The topological polar surface area (TPSA) is 44.2 Å². The van der Waals surface area contributed by atoms with E-state index in [2.05, 4.69) is 14.9 Å². The standard InChI is InChI=1S/C14H13F3N2O2/c15-14(16,17)21-12-6-1-4-11(10-12)5-3-9-20-13-7-2-8-18-19-13/h1-2,4,6-8,10H,3,5,9H2. The summed E-state index contributed by atoms with van der Waals surface area (Å²) in [6.45, 7) is 0.406. The van der Waals surface area contributed by atoms with Crippen LogP contribution in [0.4, 0.5) is 13.2 Å². The van der Waals surface area contributed by atoms with Gasteiger partial charge in [0.2, 0.25) is 5.88 Å². The van der Waals surface area contributed by atoms with Crippen molar-refractivity contribution in [2.45, 2.75) is 19.2 Å². The van der Waals surface area contributed by atoms with Crippen LogP contribution < -0.4 is 9.47 Å². The van der Waals surface area contributed by atoms with Crippen molar-refractivity contribution in [3.8, 4) is 11.6 Å². The van der Waals surface area contributed by atoms with Crippen LogP contribution in [0.15, 0.2) is 42.6 Å². The molecule has 0 aliphatic carbocycles. The van der Waals surface area contributed by atoms with Crippen LogP contribution >= 0.6 is 0 Å². The van der Waals surface area contributed by atoms with Crippen LogP contribution in [0, 0.1) is 0 Å². The van der Waals surface area contributed by atoms with Gasteiger partial charge in [-0.25, -0.2) is 0 Å². The van der Waals surface area contributed by atoms with Gasteiger partial charge >= 0.3 is 6.36 Å². The molecule has 0 unspecified atom stereocenters. The zero-order chi connectivity index (χ0) is 15.1. The van der Waals surface area contributed by atoms with Crippen molar-refractivity contribution in [2.24, 2.45) is 0 Å². The molecule has 112 valence electrons. The number of alkyl halides is 3. The van der Waals surface area contributed by atoms with E-state index in [9.17, 15) is 13.2 Å². The first-order valence-corrected chi connectivity index (χ1v) is 6.28. The minimum Gasteiger partial charge on any atom is -0.477 e. The molecule has 0 fully saturated rings. The molecule has 2 aromatic rings. The van der Waals surface area contributed by atoms with Crippen molar-refractivity contribution < 1.29 is 22.6 Å². The largest absolute Gasteiger partial charge is 0.573 e. The van der Waals surface area contributed by atoms with Crippen LogP contribution in [0.25, 0.3) is 0 Å². The number of hydrogen-bond acceptors (Lipinski definition) is 4. The first-order chi connectivity index (χ1) is 10.0. The van der Waals surface area contributed by atoms with Gasteiger partial charge in [-0.05, 0) is 36.6 Å². The first-order valence-electron chi connectivity index (χ1n) is 6.28. The Bertz CT molecular complexity index is 562. The van der Waals surface area contributed by atoms with Gasteiger partial charge in [-0.2, -0.15) is 5.10 Å². The lowest BCUT2D eigenvalue weighted by Crippen LogP contribution is -2.17. The van der Waals surface area contributed by atoms with E-state index < -0.39 is 6.36 Å². The Kier molecular flexibility index (Phi) is 4.97. The molecule has 2 rings (SSSR count). The maximum Gasteiger partial charge on any atom is 0.573 e. The number of halogens is 3. The fourth-order valence-corrected chi connectivity index (χ4v) is 1.72. The van der Waals surface area contributed by atoms with Crippen molar-refractivity contribution in [1.82, 2.24) is 10.2 Å². The lowest BCUT2D eigenvalue weighted by Gasteiger charge is -2.10. The first kappa shape index (κ1) is 15.1. The number of nitrogens with zero attached hydrogens (tertiary/aromatic N) is 2. The summed E-state index contributed by atoms with van der Waals surface area (Å²) in [6, 6.07) is 9.30. The summed E-state index contributed by atoms with van der Waals surface area (Å²) in [7, 11) is 0. The summed E-state index contributed by atoms with van der Waals surface area (Å²) in [5, 5.41) is 7.43. The fourth-order valence-electron chi connectivity index (χ4n) is 1.72. The molecule has 0 saturated heterocycles. The Labute approximate surface area is 119 Å². The predicted octanol–water partition coefficient (Wildman–Crippen LogP) is 3.39. The maximum absolute atomic E-state index is 12.1. The van der Waals surface area contributed by atoms with Crippen LogP contribution in [-0.2, 0) is 6.42 Å². The number of rotatable bonds is 6. The zero-order valence-electron chi connectivity index (χ0n) is 11.0. The molecule has 1 heterocycles. The summed E-state index contributed by atoms with van der Waals surface area (Å²) in [5.41, 5.74) is 0.750. The van der Waals surface area contributed by atoms with Gasteiger partial charge < -0.3 is 9.47 Å².